The van der Waals surface area contributed by atoms with Gasteiger partial charge >= 0.3 is 11.9 Å². The topological polar surface area (TPSA) is 98.0 Å². The molecule has 7 nitrogen and oxygen atoms in total. The van der Waals surface area contributed by atoms with Crippen LogP contribution < -0.4 is 10.1 Å². The molecule has 2 atom stereocenters. The minimum Gasteiger partial charge on any atom is -0.486 e. The number of benzene rings is 1. The van der Waals surface area contributed by atoms with Gasteiger partial charge in [0.15, 0.2) is 0 Å². The molecule has 1 fully saturated rings. The van der Waals surface area contributed by atoms with Crippen LogP contribution in [-0.2, 0) is 16.1 Å². The smallest absolute Gasteiger partial charge is 0.373 e. The number of carboxylic acid groups (broad SMARTS) is 1. The van der Waals surface area contributed by atoms with Crippen LogP contribution >= 0.6 is 11.8 Å². The lowest BCUT2D eigenvalue weighted by molar-refractivity contribution is -0.138. The third-order valence-corrected chi connectivity index (χ3v) is 4.96. The van der Waals surface area contributed by atoms with Gasteiger partial charge in [0.05, 0.1) is 12.5 Å². The Morgan fingerprint density at radius 2 is 2.04 bits per heavy atom. The molecule has 0 spiro atoms. The van der Waals surface area contributed by atoms with Crippen LogP contribution in [0.2, 0.25) is 0 Å². The molecule has 1 aromatic heterocycles. The summed E-state index contributed by atoms with van der Waals surface area (Å²) >= 11 is 1.56. The predicted octanol–water partition coefficient (Wildman–Crippen LogP) is 2.43. The molecule has 1 aliphatic rings. The van der Waals surface area contributed by atoms with Crippen LogP contribution in [0.5, 0.6) is 5.75 Å². The normalized spacial score (nSPS) is 19.6. The van der Waals surface area contributed by atoms with E-state index in [2.05, 4.69) is 10.1 Å². The van der Waals surface area contributed by atoms with Crippen molar-refractivity contribution in [1.82, 2.24) is 5.32 Å². The zero-order valence-electron chi connectivity index (χ0n) is 13.4. The number of carbonyl (C=O) groups excluding carboxylic acids is 1. The fourth-order valence-corrected chi connectivity index (χ4v) is 3.60. The molecule has 0 aliphatic carbocycles. The Hall–Kier alpha value is -2.45. The average Bonchev–Trinajstić information content (AvgIpc) is 3.29. The van der Waals surface area contributed by atoms with E-state index in [9.17, 15) is 9.59 Å². The van der Waals surface area contributed by atoms with Gasteiger partial charge in [0, 0.05) is 5.75 Å². The number of carboxylic acids is 1. The standard InChI is InChI=1S/C17H17NO6S/c1-22-17(21)14-7-6-12(24-14)8-23-11-4-2-10(3-5-11)15-18-13(9-25-15)16(19)20/h2-7,13,15,18H,8-9H2,1H3,(H,19,20)/t13-,15+/m1/s1. The van der Waals surface area contributed by atoms with Gasteiger partial charge < -0.3 is 19.0 Å². The first kappa shape index (κ1) is 17.4. The third-order valence-electron chi connectivity index (χ3n) is 3.69. The zero-order chi connectivity index (χ0) is 17.8. The molecule has 3 rings (SSSR count). The molecule has 0 radical (unpaired) electrons. The fraction of sp³-hybridized carbons (Fsp3) is 0.294. The number of esters is 1. The molecule has 0 unspecified atom stereocenters. The third kappa shape index (κ3) is 4.15. The van der Waals surface area contributed by atoms with Crippen molar-refractivity contribution in [3.8, 4) is 5.75 Å². The second-order valence-corrected chi connectivity index (χ2v) is 6.52. The summed E-state index contributed by atoms with van der Waals surface area (Å²) in [6.07, 6.45) is 0. The summed E-state index contributed by atoms with van der Waals surface area (Å²) in [5.41, 5.74) is 0.993. The SMILES string of the molecule is COC(=O)c1ccc(COc2ccc([C@H]3N[C@@H](C(=O)O)CS3)cc2)o1. The van der Waals surface area contributed by atoms with E-state index in [1.165, 1.54) is 13.2 Å². The number of hydrogen-bond acceptors (Lipinski definition) is 7. The number of rotatable bonds is 6. The first-order valence-electron chi connectivity index (χ1n) is 7.57. The largest absolute Gasteiger partial charge is 0.486 e. The molecule has 0 saturated carbocycles. The van der Waals surface area contributed by atoms with E-state index in [0.717, 1.165) is 5.56 Å². The highest BCUT2D eigenvalue weighted by Gasteiger charge is 2.30. The maximum absolute atomic E-state index is 11.3. The number of furan rings is 1. The van der Waals surface area contributed by atoms with Crippen molar-refractivity contribution in [3.05, 3.63) is 53.5 Å². The Bertz CT molecular complexity index is 757. The van der Waals surface area contributed by atoms with E-state index >= 15 is 0 Å². The Morgan fingerprint density at radius 3 is 2.68 bits per heavy atom. The highest BCUT2D eigenvalue weighted by atomic mass is 32.2. The van der Waals surface area contributed by atoms with Crippen LogP contribution in [0.1, 0.15) is 27.3 Å². The number of hydrogen-bond donors (Lipinski definition) is 2. The van der Waals surface area contributed by atoms with Crippen LogP contribution in [0.3, 0.4) is 0 Å². The average molecular weight is 363 g/mol. The van der Waals surface area contributed by atoms with Crippen LogP contribution in [-0.4, -0.2) is 35.9 Å². The first-order valence-corrected chi connectivity index (χ1v) is 8.62. The van der Waals surface area contributed by atoms with Crippen molar-refractivity contribution < 1.29 is 28.6 Å². The predicted molar refractivity (Wildman–Crippen MR) is 90.6 cm³/mol. The summed E-state index contributed by atoms with van der Waals surface area (Å²) in [5.74, 6) is 0.476. The molecule has 8 heteroatoms. The molecule has 2 heterocycles. The van der Waals surface area contributed by atoms with Gasteiger partial charge in [0.1, 0.15) is 24.2 Å². The molecule has 1 aromatic carbocycles. The Labute approximate surface area is 148 Å². The highest BCUT2D eigenvalue weighted by molar-refractivity contribution is 7.99. The van der Waals surface area contributed by atoms with Gasteiger partial charge in [-0.25, -0.2) is 4.79 Å². The molecule has 132 valence electrons. The summed E-state index contributed by atoms with van der Waals surface area (Å²) in [4.78, 5) is 22.3. The van der Waals surface area contributed by atoms with Gasteiger partial charge in [-0.15, -0.1) is 11.8 Å². The van der Waals surface area contributed by atoms with E-state index in [4.69, 9.17) is 14.3 Å². The molecular weight excluding hydrogens is 346 g/mol. The number of aliphatic carboxylic acids is 1. The maximum atomic E-state index is 11.3. The van der Waals surface area contributed by atoms with Gasteiger partial charge in [-0.1, -0.05) is 12.1 Å². The lowest BCUT2D eigenvalue weighted by atomic mass is 10.2. The van der Waals surface area contributed by atoms with E-state index in [1.807, 2.05) is 24.3 Å². The highest BCUT2D eigenvalue weighted by Crippen LogP contribution is 2.33. The van der Waals surface area contributed by atoms with E-state index in [0.29, 0.717) is 17.3 Å². The molecule has 2 aromatic rings. The lowest BCUT2D eigenvalue weighted by Crippen LogP contribution is -2.33. The summed E-state index contributed by atoms with van der Waals surface area (Å²) in [7, 11) is 1.29. The van der Waals surface area contributed by atoms with Crippen LogP contribution in [0.25, 0.3) is 0 Å². The van der Waals surface area contributed by atoms with Crippen molar-refractivity contribution >= 4 is 23.7 Å². The summed E-state index contributed by atoms with van der Waals surface area (Å²) in [6, 6.07) is 10.1. The Balaban J connectivity index is 1.55. The van der Waals surface area contributed by atoms with Crippen molar-refractivity contribution in [2.75, 3.05) is 12.9 Å². The number of thioether (sulfide) groups is 1. The fourth-order valence-electron chi connectivity index (χ4n) is 2.37. The minimum atomic E-state index is -0.834. The van der Waals surface area contributed by atoms with Gasteiger partial charge in [0.25, 0.3) is 0 Å². The molecule has 1 saturated heterocycles. The van der Waals surface area contributed by atoms with Crippen LogP contribution in [0.4, 0.5) is 0 Å². The summed E-state index contributed by atoms with van der Waals surface area (Å²) in [5, 5.41) is 12.0. The van der Waals surface area contributed by atoms with Crippen LogP contribution in [0.15, 0.2) is 40.8 Å². The monoisotopic (exact) mass is 363 g/mol. The second kappa shape index (κ2) is 7.62. The summed E-state index contributed by atoms with van der Waals surface area (Å²) in [6.45, 7) is 0.188. The van der Waals surface area contributed by atoms with Crippen LogP contribution in [0, 0.1) is 0 Å². The maximum Gasteiger partial charge on any atom is 0.373 e. The van der Waals surface area contributed by atoms with E-state index < -0.39 is 18.0 Å². The number of ether oxygens (including phenoxy) is 2. The van der Waals surface area contributed by atoms with Crippen molar-refractivity contribution in [2.45, 2.75) is 18.0 Å². The number of methoxy groups -OCH3 is 1. The van der Waals surface area contributed by atoms with Crippen molar-refractivity contribution in [2.24, 2.45) is 0 Å². The van der Waals surface area contributed by atoms with E-state index in [1.54, 1.807) is 17.8 Å². The molecule has 0 amide bonds. The molecule has 2 N–H and O–H groups in total. The van der Waals surface area contributed by atoms with Gasteiger partial charge in [-0.05, 0) is 29.8 Å². The van der Waals surface area contributed by atoms with Gasteiger partial charge in [-0.3, -0.25) is 10.1 Å². The number of carbonyl (C=O) groups is 2. The lowest BCUT2D eigenvalue weighted by Gasteiger charge is -2.12. The van der Waals surface area contributed by atoms with Gasteiger partial charge in [-0.2, -0.15) is 0 Å². The number of nitrogens with one attached hydrogen (secondary N) is 1. The van der Waals surface area contributed by atoms with Gasteiger partial charge in [0.2, 0.25) is 5.76 Å². The Morgan fingerprint density at radius 1 is 1.28 bits per heavy atom. The second-order valence-electron chi connectivity index (χ2n) is 5.39. The quantitative estimate of drug-likeness (QED) is 0.755. The first-order chi connectivity index (χ1) is 12.1. The van der Waals surface area contributed by atoms with Crippen molar-refractivity contribution in [1.29, 1.82) is 0 Å². The zero-order valence-corrected chi connectivity index (χ0v) is 14.2. The molecule has 25 heavy (non-hydrogen) atoms. The molecule has 0 bridgehead atoms. The summed E-state index contributed by atoms with van der Waals surface area (Å²) < 4.78 is 15.5. The van der Waals surface area contributed by atoms with Crippen molar-refractivity contribution in [3.63, 3.8) is 0 Å². The molecule has 1 aliphatic heterocycles. The van der Waals surface area contributed by atoms with E-state index in [-0.39, 0.29) is 17.7 Å². The molecular formula is C17H17NO6S. The minimum absolute atomic E-state index is 0.0390. The Kier molecular flexibility index (Phi) is 5.30.